The molecular weight excluding hydrogens is 188 g/mol. The van der Waals surface area contributed by atoms with Crippen molar-refractivity contribution in [2.75, 3.05) is 0 Å². The van der Waals surface area contributed by atoms with Crippen LogP contribution in [0.25, 0.3) is 11.1 Å². The van der Waals surface area contributed by atoms with E-state index in [2.05, 4.69) is 0 Å². The molecule has 0 saturated heterocycles. The summed E-state index contributed by atoms with van der Waals surface area (Å²) in [6.07, 6.45) is 0. The van der Waals surface area contributed by atoms with E-state index < -0.39 is 0 Å². The summed E-state index contributed by atoms with van der Waals surface area (Å²) < 4.78 is 0. The van der Waals surface area contributed by atoms with Gasteiger partial charge >= 0.3 is 0 Å². The Morgan fingerprint density at radius 3 is 2.33 bits per heavy atom. The van der Waals surface area contributed by atoms with E-state index in [4.69, 9.17) is 0 Å². The highest BCUT2D eigenvalue weighted by molar-refractivity contribution is 5.74. The zero-order valence-electron chi connectivity index (χ0n) is 8.44. The molecule has 2 heteroatoms. The molecule has 0 atom stereocenters. The molecule has 2 rings (SSSR count). The van der Waals surface area contributed by atoms with Crippen molar-refractivity contribution in [2.45, 2.75) is 6.92 Å². The van der Waals surface area contributed by atoms with Crippen LogP contribution in [-0.2, 0) is 0 Å². The predicted molar refractivity (Wildman–Crippen MR) is 59.9 cm³/mol. The monoisotopic (exact) mass is 200 g/mol. The third-order valence-electron chi connectivity index (χ3n) is 2.39. The first-order valence-electron chi connectivity index (χ1n) is 4.76. The Hall–Kier alpha value is -1.96. The van der Waals surface area contributed by atoms with Crippen molar-refractivity contribution in [2.24, 2.45) is 0 Å². The van der Waals surface area contributed by atoms with Gasteiger partial charge < -0.3 is 10.2 Å². The molecule has 2 nitrogen and oxygen atoms in total. The molecule has 0 saturated carbocycles. The lowest BCUT2D eigenvalue weighted by atomic mass is 9.99. The summed E-state index contributed by atoms with van der Waals surface area (Å²) in [5.74, 6) is 0.441. The highest BCUT2D eigenvalue weighted by atomic mass is 16.3. The van der Waals surface area contributed by atoms with E-state index in [9.17, 15) is 10.2 Å². The van der Waals surface area contributed by atoms with Gasteiger partial charge in [0.25, 0.3) is 0 Å². The van der Waals surface area contributed by atoms with Crippen molar-refractivity contribution in [1.29, 1.82) is 0 Å². The van der Waals surface area contributed by atoms with Gasteiger partial charge in [-0.1, -0.05) is 24.3 Å². The van der Waals surface area contributed by atoms with Crippen LogP contribution >= 0.6 is 0 Å². The molecule has 0 radical (unpaired) electrons. The fourth-order valence-electron chi connectivity index (χ4n) is 1.69. The number of aromatic hydroxyl groups is 2. The van der Waals surface area contributed by atoms with Gasteiger partial charge in [-0.25, -0.2) is 0 Å². The van der Waals surface area contributed by atoms with Crippen molar-refractivity contribution >= 4 is 0 Å². The van der Waals surface area contributed by atoms with Gasteiger partial charge in [0.1, 0.15) is 11.5 Å². The molecule has 2 aromatic rings. The first-order chi connectivity index (χ1) is 7.18. The molecule has 76 valence electrons. The molecule has 2 N–H and O–H groups in total. The van der Waals surface area contributed by atoms with Gasteiger partial charge in [0.2, 0.25) is 0 Å². The molecule has 0 amide bonds. The molecule has 0 aliphatic rings. The average molecular weight is 200 g/mol. The Kier molecular flexibility index (Phi) is 2.34. The summed E-state index contributed by atoms with van der Waals surface area (Å²) in [5, 5.41) is 19.1. The number of hydrogen-bond donors (Lipinski definition) is 2. The van der Waals surface area contributed by atoms with Crippen molar-refractivity contribution in [3.05, 3.63) is 48.0 Å². The van der Waals surface area contributed by atoms with Gasteiger partial charge in [-0.05, 0) is 36.2 Å². The average Bonchev–Trinajstić information content (AvgIpc) is 2.17. The van der Waals surface area contributed by atoms with Crippen LogP contribution in [0.2, 0.25) is 0 Å². The van der Waals surface area contributed by atoms with E-state index in [1.165, 1.54) is 0 Å². The number of hydrogen-bond acceptors (Lipinski definition) is 2. The van der Waals surface area contributed by atoms with Gasteiger partial charge in [-0.3, -0.25) is 0 Å². The van der Waals surface area contributed by atoms with E-state index in [1.54, 1.807) is 30.3 Å². The summed E-state index contributed by atoms with van der Waals surface area (Å²) >= 11 is 0. The molecule has 0 bridgehead atoms. The molecular formula is C13H12O2. The molecule has 15 heavy (non-hydrogen) atoms. The van der Waals surface area contributed by atoms with Crippen LogP contribution < -0.4 is 0 Å². The first kappa shape index (κ1) is 9.59. The summed E-state index contributed by atoms with van der Waals surface area (Å²) in [4.78, 5) is 0. The van der Waals surface area contributed by atoms with Gasteiger partial charge in [0.15, 0.2) is 0 Å². The van der Waals surface area contributed by atoms with E-state index in [1.807, 2.05) is 19.1 Å². The first-order valence-corrected chi connectivity index (χ1v) is 4.76. The van der Waals surface area contributed by atoms with Crippen molar-refractivity contribution in [1.82, 2.24) is 0 Å². The lowest BCUT2D eigenvalue weighted by molar-refractivity contribution is 0.474. The summed E-state index contributed by atoms with van der Waals surface area (Å²) in [7, 11) is 0. The topological polar surface area (TPSA) is 40.5 Å². The lowest BCUT2D eigenvalue weighted by Gasteiger charge is -2.08. The normalized spacial score (nSPS) is 10.2. The molecule has 0 fully saturated rings. The van der Waals surface area contributed by atoms with Crippen molar-refractivity contribution in [3.63, 3.8) is 0 Å². The van der Waals surface area contributed by atoms with E-state index in [0.29, 0.717) is 0 Å². The lowest BCUT2D eigenvalue weighted by Crippen LogP contribution is -1.83. The van der Waals surface area contributed by atoms with Crippen LogP contribution in [0.5, 0.6) is 11.5 Å². The minimum atomic E-state index is 0.204. The Morgan fingerprint density at radius 1 is 0.933 bits per heavy atom. The molecule has 0 aromatic heterocycles. The van der Waals surface area contributed by atoms with Crippen LogP contribution in [0.1, 0.15) is 5.56 Å². The SMILES string of the molecule is Cc1cccc(O)c1-c1cccc(O)c1. The summed E-state index contributed by atoms with van der Waals surface area (Å²) in [6.45, 7) is 1.93. The maximum atomic E-state index is 9.75. The second kappa shape index (κ2) is 3.65. The Labute approximate surface area is 88.4 Å². The predicted octanol–water partition coefficient (Wildman–Crippen LogP) is 3.07. The van der Waals surface area contributed by atoms with Crippen molar-refractivity contribution in [3.8, 4) is 22.6 Å². The van der Waals surface area contributed by atoms with E-state index >= 15 is 0 Å². The van der Waals surface area contributed by atoms with Gasteiger partial charge in [-0.2, -0.15) is 0 Å². The van der Waals surface area contributed by atoms with E-state index in [0.717, 1.165) is 16.7 Å². The third kappa shape index (κ3) is 1.79. The molecule has 2 aromatic carbocycles. The molecule has 0 aliphatic carbocycles. The smallest absolute Gasteiger partial charge is 0.123 e. The Bertz CT molecular complexity index is 469. The minimum Gasteiger partial charge on any atom is -0.508 e. The highest BCUT2D eigenvalue weighted by Gasteiger charge is 2.07. The van der Waals surface area contributed by atoms with Crippen molar-refractivity contribution < 1.29 is 10.2 Å². The quantitative estimate of drug-likeness (QED) is 0.742. The van der Waals surface area contributed by atoms with Gasteiger partial charge in [-0.15, -0.1) is 0 Å². The minimum absolute atomic E-state index is 0.204. The largest absolute Gasteiger partial charge is 0.508 e. The second-order valence-electron chi connectivity index (χ2n) is 3.52. The van der Waals surface area contributed by atoms with Crippen LogP contribution in [-0.4, -0.2) is 10.2 Å². The number of phenols is 2. The maximum Gasteiger partial charge on any atom is 0.123 e. The second-order valence-corrected chi connectivity index (χ2v) is 3.52. The third-order valence-corrected chi connectivity index (χ3v) is 2.39. The highest BCUT2D eigenvalue weighted by Crippen LogP contribution is 2.33. The maximum absolute atomic E-state index is 9.75. The van der Waals surface area contributed by atoms with Gasteiger partial charge in [0.05, 0.1) is 0 Å². The fourth-order valence-corrected chi connectivity index (χ4v) is 1.69. The zero-order chi connectivity index (χ0) is 10.8. The van der Waals surface area contributed by atoms with E-state index in [-0.39, 0.29) is 11.5 Å². The summed E-state index contributed by atoms with van der Waals surface area (Å²) in [5.41, 5.74) is 2.58. The fraction of sp³-hybridized carbons (Fsp3) is 0.0769. The molecule has 0 spiro atoms. The molecule has 0 unspecified atom stereocenters. The number of phenolic OH excluding ortho intramolecular Hbond substituents is 2. The summed E-state index contributed by atoms with van der Waals surface area (Å²) in [6, 6.07) is 12.3. The number of benzene rings is 2. The number of aryl methyl sites for hydroxylation is 1. The molecule has 0 heterocycles. The Morgan fingerprint density at radius 2 is 1.67 bits per heavy atom. The molecule has 0 aliphatic heterocycles. The number of rotatable bonds is 1. The van der Waals surface area contributed by atoms with Crippen LogP contribution in [0.15, 0.2) is 42.5 Å². The van der Waals surface area contributed by atoms with Crippen LogP contribution in [0.4, 0.5) is 0 Å². The zero-order valence-corrected chi connectivity index (χ0v) is 8.44. The standard InChI is InChI=1S/C13H12O2/c1-9-4-2-7-12(15)13(9)10-5-3-6-11(14)8-10/h2-8,14-15H,1H3. The van der Waals surface area contributed by atoms with Crippen LogP contribution in [0, 0.1) is 6.92 Å². The van der Waals surface area contributed by atoms with Gasteiger partial charge in [0, 0.05) is 5.56 Å². The van der Waals surface area contributed by atoms with Crippen LogP contribution in [0.3, 0.4) is 0 Å². The Balaban J connectivity index is 2.63.